The second-order valence-corrected chi connectivity index (χ2v) is 8.91. The summed E-state index contributed by atoms with van der Waals surface area (Å²) in [6.07, 6.45) is 13.0. The number of nitrogens with one attached hydrogen (secondary N) is 1. The molecule has 1 heterocycles. The van der Waals surface area contributed by atoms with E-state index in [0.29, 0.717) is 5.41 Å². The van der Waals surface area contributed by atoms with Crippen LogP contribution in [0.25, 0.3) is 0 Å². The number of sulfonamides is 1. The van der Waals surface area contributed by atoms with Crippen molar-refractivity contribution >= 4 is 10.0 Å². The van der Waals surface area contributed by atoms with Crippen LogP contribution in [-0.4, -0.2) is 45.2 Å². The zero-order chi connectivity index (χ0) is 14.2. The highest BCUT2D eigenvalue weighted by atomic mass is 32.2. The zero-order valence-corrected chi connectivity index (χ0v) is 13.2. The molecule has 0 bridgehead atoms. The van der Waals surface area contributed by atoms with E-state index in [1.54, 1.807) is 0 Å². The second-order valence-electron chi connectivity index (χ2n) is 7.13. The van der Waals surface area contributed by atoms with Crippen molar-refractivity contribution in [2.24, 2.45) is 11.3 Å². The fraction of sp³-hybridized carbons (Fsp3) is 0.867. The van der Waals surface area contributed by atoms with Crippen LogP contribution in [-0.2, 0) is 10.0 Å². The average Bonchev–Trinajstić information content (AvgIpc) is 2.72. The van der Waals surface area contributed by atoms with Crippen molar-refractivity contribution in [2.45, 2.75) is 44.6 Å². The Morgan fingerprint density at radius 3 is 2.80 bits per heavy atom. The molecule has 20 heavy (non-hydrogen) atoms. The van der Waals surface area contributed by atoms with Gasteiger partial charge < -0.3 is 4.90 Å². The van der Waals surface area contributed by atoms with Crippen molar-refractivity contribution in [3.63, 3.8) is 0 Å². The highest BCUT2D eigenvalue weighted by Crippen LogP contribution is 2.48. The van der Waals surface area contributed by atoms with Gasteiger partial charge in [-0.25, -0.2) is 13.1 Å². The summed E-state index contributed by atoms with van der Waals surface area (Å²) in [5.74, 6) is 0.833. The molecule has 1 atom stereocenters. The number of hydrogen-bond donors (Lipinski definition) is 1. The van der Waals surface area contributed by atoms with Crippen molar-refractivity contribution in [3.05, 3.63) is 12.2 Å². The molecule has 4 nitrogen and oxygen atoms in total. The van der Waals surface area contributed by atoms with Crippen molar-refractivity contribution < 1.29 is 8.42 Å². The summed E-state index contributed by atoms with van der Waals surface area (Å²) in [7, 11) is -3.04. The minimum Gasteiger partial charge on any atom is -0.302 e. The Morgan fingerprint density at radius 1 is 1.35 bits per heavy atom. The molecule has 0 aromatic carbocycles. The third-order valence-corrected chi connectivity index (χ3v) is 5.91. The molecule has 0 amide bonds. The van der Waals surface area contributed by atoms with Gasteiger partial charge in [-0.3, -0.25) is 0 Å². The molecular formula is C15H26N2O2S. The molecule has 2 aliphatic carbocycles. The minimum atomic E-state index is -3.04. The Hall–Kier alpha value is -0.390. The first-order chi connectivity index (χ1) is 9.44. The van der Waals surface area contributed by atoms with E-state index in [4.69, 9.17) is 0 Å². The summed E-state index contributed by atoms with van der Waals surface area (Å²) >= 11 is 0. The van der Waals surface area contributed by atoms with Crippen LogP contribution >= 0.6 is 0 Å². The predicted molar refractivity (Wildman–Crippen MR) is 81.0 cm³/mol. The number of likely N-dealkylation sites (tertiary alicyclic amines) is 1. The average molecular weight is 298 g/mol. The van der Waals surface area contributed by atoms with Gasteiger partial charge in [-0.2, -0.15) is 0 Å². The zero-order valence-electron chi connectivity index (χ0n) is 12.3. The first-order valence-electron chi connectivity index (χ1n) is 7.79. The molecule has 1 spiro atoms. The van der Waals surface area contributed by atoms with Gasteiger partial charge in [0.15, 0.2) is 0 Å². The lowest BCUT2D eigenvalue weighted by Gasteiger charge is -2.45. The molecule has 1 aliphatic heterocycles. The number of nitrogens with zero attached hydrogens (tertiary/aromatic N) is 1. The molecule has 114 valence electrons. The van der Waals surface area contributed by atoms with Crippen LogP contribution in [0.5, 0.6) is 0 Å². The van der Waals surface area contributed by atoms with Crippen LogP contribution in [0.15, 0.2) is 12.2 Å². The molecular weight excluding hydrogens is 272 g/mol. The third kappa shape index (κ3) is 3.43. The first kappa shape index (κ1) is 14.5. The van der Waals surface area contributed by atoms with Gasteiger partial charge >= 0.3 is 0 Å². The van der Waals surface area contributed by atoms with Crippen molar-refractivity contribution in [2.75, 3.05) is 25.9 Å². The molecule has 3 rings (SSSR count). The summed E-state index contributed by atoms with van der Waals surface area (Å²) in [5.41, 5.74) is 0.410. The van der Waals surface area contributed by atoms with Gasteiger partial charge in [-0.05, 0) is 56.4 Å². The van der Waals surface area contributed by atoms with Crippen LogP contribution < -0.4 is 4.72 Å². The van der Waals surface area contributed by atoms with Crippen LogP contribution in [0, 0.1) is 11.3 Å². The van der Waals surface area contributed by atoms with Gasteiger partial charge in [-0.1, -0.05) is 12.2 Å². The lowest BCUT2D eigenvalue weighted by Crippen LogP contribution is -2.51. The van der Waals surface area contributed by atoms with E-state index in [1.165, 1.54) is 51.6 Å². The normalized spacial score (nSPS) is 38.2. The van der Waals surface area contributed by atoms with E-state index in [2.05, 4.69) is 21.8 Å². The van der Waals surface area contributed by atoms with Crippen LogP contribution in [0.4, 0.5) is 0 Å². The minimum absolute atomic E-state index is 0.183. The maximum absolute atomic E-state index is 11.2. The van der Waals surface area contributed by atoms with E-state index < -0.39 is 10.0 Å². The van der Waals surface area contributed by atoms with E-state index >= 15 is 0 Å². The SMILES string of the molecule is CS(=O)(=O)NC1CC2(CCN(C[C@H]3CC=CCC3)C2)C1. The Morgan fingerprint density at radius 2 is 2.15 bits per heavy atom. The van der Waals surface area contributed by atoms with Gasteiger partial charge in [0, 0.05) is 19.1 Å². The van der Waals surface area contributed by atoms with Gasteiger partial charge in [0.25, 0.3) is 0 Å². The van der Waals surface area contributed by atoms with Crippen LogP contribution in [0.3, 0.4) is 0 Å². The summed E-state index contributed by atoms with van der Waals surface area (Å²) in [5, 5.41) is 0. The highest BCUT2D eigenvalue weighted by Gasteiger charge is 2.49. The van der Waals surface area contributed by atoms with Crippen LogP contribution in [0.1, 0.15) is 38.5 Å². The quantitative estimate of drug-likeness (QED) is 0.804. The maximum Gasteiger partial charge on any atom is 0.208 e. The summed E-state index contributed by atoms with van der Waals surface area (Å²) in [6, 6.07) is 0.183. The first-order valence-corrected chi connectivity index (χ1v) is 9.68. The lowest BCUT2D eigenvalue weighted by atomic mass is 9.65. The summed E-state index contributed by atoms with van der Waals surface area (Å²) < 4.78 is 25.2. The van der Waals surface area contributed by atoms with Crippen molar-refractivity contribution in [3.8, 4) is 0 Å². The van der Waals surface area contributed by atoms with Gasteiger partial charge in [0.1, 0.15) is 0 Å². The molecule has 2 fully saturated rings. The Labute approximate surface area is 122 Å². The number of hydrogen-bond acceptors (Lipinski definition) is 3. The number of rotatable bonds is 4. The van der Waals surface area contributed by atoms with E-state index in [0.717, 1.165) is 18.8 Å². The second kappa shape index (κ2) is 5.43. The van der Waals surface area contributed by atoms with Gasteiger partial charge in [0.05, 0.1) is 6.26 Å². The topological polar surface area (TPSA) is 49.4 Å². The van der Waals surface area contributed by atoms with Crippen molar-refractivity contribution in [1.82, 2.24) is 9.62 Å². The highest BCUT2D eigenvalue weighted by molar-refractivity contribution is 7.88. The molecule has 0 aromatic heterocycles. The largest absolute Gasteiger partial charge is 0.302 e. The summed E-state index contributed by atoms with van der Waals surface area (Å²) in [6.45, 7) is 3.61. The molecule has 1 saturated carbocycles. The Kier molecular flexibility index (Phi) is 3.95. The van der Waals surface area contributed by atoms with Crippen molar-refractivity contribution in [1.29, 1.82) is 0 Å². The number of allylic oxidation sites excluding steroid dienone is 2. The molecule has 0 unspecified atom stereocenters. The summed E-state index contributed by atoms with van der Waals surface area (Å²) in [4.78, 5) is 2.61. The molecule has 1 N–H and O–H groups in total. The maximum atomic E-state index is 11.2. The fourth-order valence-electron chi connectivity index (χ4n) is 4.28. The monoisotopic (exact) mass is 298 g/mol. The molecule has 1 saturated heterocycles. The lowest BCUT2D eigenvalue weighted by molar-refractivity contribution is 0.0987. The molecule has 0 radical (unpaired) electrons. The predicted octanol–water partition coefficient (Wildman–Crippen LogP) is 1.75. The third-order valence-electron chi connectivity index (χ3n) is 5.15. The van der Waals surface area contributed by atoms with E-state index in [1.807, 2.05) is 0 Å². The molecule has 0 aromatic rings. The standard InChI is InChI=1S/C15H26N2O2S/c1-20(18,19)16-14-9-15(10-14)7-8-17(12-15)11-13-5-3-2-4-6-13/h2-3,13-14,16H,4-12H2,1H3/t13-,14?,15?/m0/s1. The molecule has 5 heteroatoms. The van der Waals surface area contributed by atoms with Crippen LogP contribution in [0.2, 0.25) is 0 Å². The smallest absolute Gasteiger partial charge is 0.208 e. The van der Waals surface area contributed by atoms with E-state index in [9.17, 15) is 8.42 Å². The fourth-order valence-corrected chi connectivity index (χ4v) is 5.05. The van der Waals surface area contributed by atoms with Gasteiger partial charge in [-0.15, -0.1) is 0 Å². The molecule has 3 aliphatic rings. The van der Waals surface area contributed by atoms with Gasteiger partial charge in [0.2, 0.25) is 10.0 Å². The Balaban J connectivity index is 1.45. The Bertz CT molecular complexity index is 480. The van der Waals surface area contributed by atoms with E-state index in [-0.39, 0.29) is 6.04 Å².